The minimum absolute atomic E-state index is 0.0283. The summed E-state index contributed by atoms with van der Waals surface area (Å²) in [6, 6.07) is 4.68. The Morgan fingerprint density at radius 2 is 2.11 bits per heavy atom. The molecule has 0 fully saturated rings. The highest BCUT2D eigenvalue weighted by atomic mass is 32.1. The highest BCUT2D eigenvalue weighted by Crippen LogP contribution is 2.32. The number of phenolic OH excluding ortho intramolecular Hbond substituents is 2. The van der Waals surface area contributed by atoms with E-state index in [4.69, 9.17) is 4.74 Å². The number of hydrogen-bond acceptors (Lipinski definition) is 5. The summed E-state index contributed by atoms with van der Waals surface area (Å²) in [5.41, 5.74) is 1.55. The molecule has 0 saturated carbocycles. The van der Waals surface area contributed by atoms with E-state index in [0.717, 1.165) is 16.3 Å². The van der Waals surface area contributed by atoms with Gasteiger partial charge in [-0.2, -0.15) is 0 Å². The summed E-state index contributed by atoms with van der Waals surface area (Å²) in [5.74, 6) is -0.267. The molecule has 0 bridgehead atoms. The molecule has 4 nitrogen and oxygen atoms in total. The van der Waals surface area contributed by atoms with Crippen molar-refractivity contribution in [1.82, 2.24) is 4.98 Å². The van der Waals surface area contributed by atoms with Crippen LogP contribution in [0.15, 0.2) is 23.6 Å². The van der Waals surface area contributed by atoms with Gasteiger partial charge in [0.05, 0.1) is 5.69 Å². The van der Waals surface area contributed by atoms with Crippen LogP contribution >= 0.6 is 11.3 Å². The van der Waals surface area contributed by atoms with Gasteiger partial charge >= 0.3 is 0 Å². The number of benzene rings is 1. The van der Waals surface area contributed by atoms with Gasteiger partial charge in [-0.25, -0.2) is 4.98 Å². The third-order valence-electron chi connectivity index (χ3n) is 2.56. The second kappa shape index (κ2) is 5.37. The maximum atomic E-state index is 9.46. The van der Waals surface area contributed by atoms with Crippen LogP contribution in [0.25, 0.3) is 11.3 Å². The third kappa shape index (κ3) is 2.63. The van der Waals surface area contributed by atoms with Crippen molar-refractivity contribution >= 4 is 11.3 Å². The number of thiazole rings is 1. The molecule has 96 valence electrons. The number of nitrogens with zero attached hydrogens (tertiary/aromatic N) is 1. The second-order valence-electron chi connectivity index (χ2n) is 3.87. The molecule has 1 aromatic carbocycles. The van der Waals surface area contributed by atoms with Crippen LogP contribution in [0.3, 0.4) is 0 Å². The minimum atomic E-state index is -0.139. The molecule has 5 heteroatoms. The van der Waals surface area contributed by atoms with Crippen molar-refractivity contribution < 1.29 is 14.9 Å². The van der Waals surface area contributed by atoms with E-state index in [2.05, 4.69) is 4.98 Å². The van der Waals surface area contributed by atoms with Gasteiger partial charge in [-0.15, -0.1) is 11.3 Å². The van der Waals surface area contributed by atoms with Gasteiger partial charge in [0.1, 0.15) is 11.1 Å². The van der Waals surface area contributed by atoms with Gasteiger partial charge in [0.15, 0.2) is 11.5 Å². The van der Waals surface area contributed by atoms with Crippen LogP contribution in [0.2, 0.25) is 0 Å². The van der Waals surface area contributed by atoms with E-state index < -0.39 is 0 Å². The maximum absolute atomic E-state index is 9.46. The molecule has 0 radical (unpaired) electrons. The van der Waals surface area contributed by atoms with Crippen LogP contribution in [0.5, 0.6) is 11.5 Å². The Hall–Kier alpha value is -1.59. The first kappa shape index (κ1) is 12.9. The van der Waals surface area contributed by atoms with Gasteiger partial charge in [-0.1, -0.05) is 0 Å². The molecule has 1 atom stereocenters. The lowest BCUT2D eigenvalue weighted by Gasteiger charge is -2.07. The minimum Gasteiger partial charge on any atom is -0.504 e. The first-order valence-corrected chi connectivity index (χ1v) is 6.59. The summed E-state index contributed by atoms with van der Waals surface area (Å²) in [6.45, 7) is 4.56. The predicted molar refractivity (Wildman–Crippen MR) is 70.9 cm³/mol. The average molecular weight is 265 g/mol. The zero-order valence-electron chi connectivity index (χ0n) is 10.3. The molecule has 18 heavy (non-hydrogen) atoms. The summed E-state index contributed by atoms with van der Waals surface area (Å²) >= 11 is 1.52. The fraction of sp³-hybridized carbons (Fsp3) is 0.308. The molecule has 2 rings (SSSR count). The van der Waals surface area contributed by atoms with Crippen LogP contribution in [0.1, 0.15) is 25.0 Å². The number of rotatable bonds is 4. The first-order valence-electron chi connectivity index (χ1n) is 5.71. The van der Waals surface area contributed by atoms with Crippen LogP contribution in [0, 0.1) is 0 Å². The van der Waals surface area contributed by atoms with Gasteiger partial charge in [-0.3, -0.25) is 0 Å². The fourth-order valence-corrected chi connectivity index (χ4v) is 2.44. The van der Waals surface area contributed by atoms with Crippen molar-refractivity contribution in [2.24, 2.45) is 0 Å². The van der Waals surface area contributed by atoms with E-state index in [1.807, 2.05) is 19.2 Å². The van der Waals surface area contributed by atoms with Crippen LogP contribution < -0.4 is 0 Å². The topological polar surface area (TPSA) is 62.6 Å². The summed E-state index contributed by atoms with van der Waals surface area (Å²) in [5, 5.41) is 21.5. The van der Waals surface area contributed by atoms with Crippen molar-refractivity contribution in [2.75, 3.05) is 6.61 Å². The number of phenols is 2. The van der Waals surface area contributed by atoms with Crippen molar-refractivity contribution in [1.29, 1.82) is 0 Å². The normalized spacial score (nSPS) is 12.6. The lowest BCUT2D eigenvalue weighted by Crippen LogP contribution is -1.98. The molecule has 0 amide bonds. The standard InChI is InChI=1S/C13H15NO3S/c1-3-17-8(2)13-14-10(7-18-13)9-4-5-11(15)12(16)6-9/h4-8,15-16H,3H2,1-2H3/t8-/m0/s1. The van der Waals surface area contributed by atoms with Gasteiger partial charge < -0.3 is 14.9 Å². The average Bonchev–Trinajstić information content (AvgIpc) is 2.82. The van der Waals surface area contributed by atoms with E-state index >= 15 is 0 Å². The number of aromatic hydroxyl groups is 2. The van der Waals surface area contributed by atoms with Crippen LogP contribution in [-0.2, 0) is 4.74 Å². The molecule has 0 unspecified atom stereocenters. The smallest absolute Gasteiger partial charge is 0.158 e. The molecule has 2 N–H and O–H groups in total. The van der Waals surface area contributed by atoms with Crippen LogP contribution in [0.4, 0.5) is 0 Å². The summed E-state index contributed by atoms with van der Waals surface area (Å²) in [4.78, 5) is 4.47. The number of ether oxygens (including phenoxy) is 1. The molecular formula is C13H15NO3S. The largest absolute Gasteiger partial charge is 0.504 e. The maximum Gasteiger partial charge on any atom is 0.158 e. The van der Waals surface area contributed by atoms with E-state index in [-0.39, 0.29) is 17.6 Å². The zero-order valence-corrected chi connectivity index (χ0v) is 11.1. The van der Waals surface area contributed by atoms with Gasteiger partial charge in [0.25, 0.3) is 0 Å². The molecule has 0 aliphatic carbocycles. The van der Waals surface area contributed by atoms with Crippen LogP contribution in [-0.4, -0.2) is 21.8 Å². The van der Waals surface area contributed by atoms with Gasteiger partial charge in [-0.05, 0) is 32.0 Å². The fourth-order valence-electron chi connectivity index (χ4n) is 1.61. The highest BCUT2D eigenvalue weighted by molar-refractivity contribution is 7.10. The lowest BCUT2D eigenvalue weighted by atomic mass is 10.1. The predicted octanol–water partition coefficient (Wildman–Crippen LogP) is 3.32. The Balaban J connectivity index is 2.26. The molecular weight excluding hydrogens is 250 g/mol. The van der Waals surface area contributed by atoms with Gasteiger partial charge in [0.2, 0.25) is 0 Å². The van der Waals surface area contributed by atoms with E-state index in [0.29, 0.717) is 6.61 Å². The summed E-state index contributed by atoms with van der Waals surface area (Å²) < 4.78 is 5.48. The Morgan fingerprint density at radius 3 is 2.78 bits per heavy atom. The van der Waals surface area contributed by atoms with E-state index in [1.165, 1.54) is 23.5 Å². The van der Waals surface area contributed by atoms with Gasteiger partial charge in [0, 0.05) is 17.6 Å². The molecule has 0 aliphatic rings. The third-order valence-corrected chi connectivity index (χ3v) is 3.56. The lowest BCUT2D eigenvalue weighted by molar-refractivity contribution is 0.0762. The Morgan fingerprint density at radius 1 is 1.33 bits per heavy atom. The monoisotopic (exact) mass is 265 g/mol. The number of aromatic nitrogens is 1. The highest BCUT2D eigenvalue weighted by Gasteiger charge is 2.12. The molecule has 0 spiro atoms. The van der Waals surface area contributed by atoms with Crippen molar-refractivity contribution in [3.05, 3.63) is 28.6 Å². The molecule has 2 aromatic rings. The van der Waals surface area contributed by atoms with Crippen molar-refractivity contribution in [3.63, 3.8) is 0 Å². The Labute approximate surface area is 110 Å². The Bertz CT molecular complexity index is 539. The summed E-state index contributed by atoms with van der Waals surface area (Å²) in [7, 11) is 0. The molecule has 1 aromatic heterocycles. The quantitative estimate of drug-likeness (QED) is 0.832. The molecule has 0 saturated heterocycles. The zero-order chi connectivity index (χ0) is 13.1. The first-order chi connectivity index (χ1) is 8.61. The Kier molecular flexibility index (Phi) is 3.84. The van der Waals surface area contributed by atoms with E-state index in [9.17, 15) is 10.2 Å². The van der Waals surface area contributed by atoms with E-state index in [1.54, 1.807) is 6.07 Å². The number of hydrogen-bond donors (Lipinski definition) is 2. The second-order valence-corrected chi connectivity index (χ2v) is 4.76. The SMILES string of the molecule is CCO[C@@H](C)c1nc(-c2ccc(O)c(O)c2)cs1. The summed E-state index contributed by atoms with van der Waals surface area (Å²) in [6.07, 6.45) is -0.0283. The molecule has 0 aliphatic heterocycles. The molecule has 1 heterocycles. The van der Waals surface area contributed by atoms with Crippen molar-refractivity contribution in [2.45, 2.75) is 20.0 Å². The van der Waals surface area contributed by atoms with Crippen molar-refractivity contribution in [3.8, 4) is 22.8 Å².